The van der Waals surface area contributed by atoms with Crippen LogP contribution in [0.3, 0.4) is 0 Å². The van der Waals surface area contributed by atoms with Gasteiger partial charge in [-0.1, -0.05) is 11.6 Å². The predicted molar refractivity (Wildman–Crippen MR) is 74.8 cm³/mol. The van der Waals surface area contributed by atoms with Gasteiger partial charge in [-0.2, -0.15) is 13.2 Å². The van der Waals surface area contributed by atoms with Gasteiger partial charge < -0.3 is 14.5 Å². The number of ether oxygens (including phenoxy) is 1. The standard InChI is InChI=1S/C13H17ClF3N3O/c1-19(2)7-10-8-20(3-4-21-10)12-11(14)5-9(6-18-12)13(15,16)17/h5-6,10H,3-4,7-8H2,1-2H3. The summed E-state index contributed by atoms with van der Waals surface area (Å²) >= 11 is 5.97. The van der Waals surface area contributed by atoms with Crippen LogP contribution in [-0.2, 0) is 10.9 Å². The van der Waals surface area contributed by atoms with Crippen LogP contribution in [0.25, 0.3) is 0 Å². The Labute approximate surface area is 126 Å². The quantitative estimate of drug-likeness (QED) is 0.854. The Bertz CT molecular complexity index is 496. The zero-order valence-electron chi connectivity index (χ0n) is 11.8. The van der Waals surface area contributed by atoms with Crippen molar-refractivity contribution in [3.63, 3.8) is 0 Å². The molecule has 0 N–H and O–H groups in total. The fraction of sp³-hybridized carbons (Fsp3) is 0.615. The average molecular weight is 324 g/mol. The Balaban J connectivity index is 2.14. The van der Waals surface area contributed by atoms with Crippen molar-refractivity contribution in [2.75, 3.05) is 45.2 Å². The predicted octanol–water partition coefficient (Wildman–Crippen LogP) is 2.52. The molecule has 1 atom stereocenters. The van der Waals surface area contributed by atoms with E-state index in [9.17, 15) is 13.2 Å². The summed E-state index contributed by atoms with van der Waals surface area (Å²) in [5, 5.41) is 0.00956. The lowest BCUT2D eigenvalue weighted by molar-refractivity contribution is -0.137. The van der Waals surface area contributed by atoms with E-state index in [1.165, 1.54) is 0 Å². The summed E-state index contributed by atoms with van der Waals surface area (Å²) in [5.41, 5.74) is -0.839. The highest BCUT2D eigenvalue weighted by Gasteiger charge is 2.32. The van der Waals surface area contributed by atoms with E-state index in [-0.39, 0.29) is 11.1 Å². The third-order valence-electron chi connectivity index (χ3n) is 3.16. The zero-order valence-corrected chi connectivity index (χ0v) is 12.6. The summed E-state index contributed by atoms with van der Waals surface area (Å²) in [6.45, 7) is 2.34. The Kier molecular flexibility index (Phi) is 4.95. The fourth-order valence-corrected chi connectivity index (χ4v) is 2.53. The van der Waals surface area contributed by atoms with Crippen molar-refractivity contribution < 1.29 is 17.9 Å². The van der Waals surface area contributed by atoms with Crippen molar-refractivity contribution in [1.82, 2.24) is 9.88 Å². The summed E-state index contributed by atoms with van der Waals surface area (Å²) in [6, 6.07) is 0.917. The van der Waals surface area contributed by atoms with Gasteiger partial charge >= 0.3 is 6.18 Å². The van der Waals surface area contributed by atoms with Gasteiger partial charge in [-0.25, -0.2) is 4.98 Å². The van der Waals surface area contributed by atoms with E-state index in [0.29, 0.717) is 25.5 Å². The highest BCUT2D eigenvalue weighted by Crippen LogP contribution is 2.33. The first-order valence-corrected chi connectivity index (χ1v) is 6.89. The molecule has 2 rings (SSSR count). The number of alkyl halides is 3. The molecule has 21 heavy (non-hydrogen) atoms. The molecule has 8 heteroatoms. The molecule has 1 unspecified atom stereocenters. The van der Waals surface area contributed by atoms with Crippen molar-refractivity contribution in [3.8, 4) is 0 Å². The van der Waals surface area contributed by atoms with Crippen LogP contribution >= 0.6 is 11.6 Å². The van der Waals surface area contributed by atoms with Crippen LogP contribution in [-0.4, -0.2) is 56.3 Å². The molecule has 0 bridgehead atoms. The lowest BCUT2D eigenvalue weighted by atomic mass is 10.2. The Morgan fingerprint density at radius 1 is 1.48 bits per heavy atom. The van der Waals surface area contributed by atoms with E-state index in [1.54, 1.807) is 0 Å². The van der Waals surface area contributed by atoms with Crippen LogP contribution in [0.15, 0.2) is 12.3 Å². The maximum absolute atomic E-state index is 12.6. The molecule has 1 aromatic heterocycles. The van der Waals surface area contributed by atoms with Gasteiger partial charge in [-0.05, 0) is 20.2 Å². The third-order valence-corrected chi connectivity index (χ3v) is 3.43. The SMILES string of the molecule is CN(C)CC1CN(c2ncc(C(F)(F)F)cc2Cl)CCO1. The number of rotatable bonds is 3. The molecule has 0 aliphatic carbocycles. The van der Waals surface area contributed by atoms with Gasteiger partial charge in [0.1, 0.15) is 5.82 Å². The van der Waals surface area contributed by atoms with Gasteiger partial charge in [0.25, 0.3) is 0 Å². The number of pyridine rings is 1. The number of hydrogen-bond donors (Lipinski definition) is 0. The summed E-state index contributed by atoms with van der Waals surface area (Å²) in [5.74, 6) is 0.372. The molecular formula is C13H17ClF3N3O. The Morgan fingerprint density at radius 2 is 2.19 bits per heavy atom. The molecule has 1 saturated heterocycles. The summed E-state index contributed by atoms with van der Waals surface area (Å²) in [7, 11) is 3.87. The summed E-state index contributed by atoms with van der Waals surface area (Å²) in [4.78, 5) is 7.74. The maximum atomic E-state index is 12.6. The van der Waals surface area contributed by atoms with Crippen molar-refractivity contribution in [2.45, 2.75) is 12.3 Å². The third kappa shape index (κ3) is 4.21. The second kappa shape index (κ2) is 6.37. The van der Waals surface area contributed by atoms with Crippen molar-refractivity contribution in [1.29, 1.82) is 0 Å². The normalized spacial score (nSPS) is 20.1. The molecule has 1 aliphatic heterocycles. The number of anilines is 1. The highest BCUT2D eigenvalue weighted by molar-refractivity contribution is 6.33. The summed E-state index contributed by atoms with van der Waals surface area (Å²) in [6.07, 6.45) is -3.64. The second-order valence-corrected chi connectivity index (χ2v) is 5.64. The number of aromatic nitrogens is 1. The van der Waals surface area contributed by atoms with Crippen LogP contribution in [0, 0.1) is 0 Å². The van der Waals surface area contributed by atoms with Gasteiger partial charge in [-0.15, -0.1) is 0 Å². The minimum Gasteiger partial charge on any atom is -0.373 e. The lowest BCUT2D eigenvalue weighted by Crippen LogP contribution is -2.46. The molecule has 2 heterocycles. The molecule has 0 radical (unpaired) electrons. The highest BCUT2D eigenvalue weighted by atomic mass is 35.5. The van der Waals surface area contributed by atoms with Gasteiger partial charge in [0.2, 0.25) is 0 Å². The summed E-state index contributed by atoms with van der Waals surface area (Å²) < 4.78 is 43.5. The van der Waals surface area contributed by atoms with Crippen LogP contribution < -0.4 is 4.90 Å². The monoisotopic (exact) mass is 323 g/mol. The molecule has 0 saturated carbocycles. The van der Waals surface area contributed by atoms with E-state index in [4.69, 9.17) is 16.3 Å². The van der Waals surface area contributed by atoms with E-state index >= 15 is 0 Å². The van der Waals surface area contributed by atoms with Crippen LogP contribution in [0.1, 0.15) is 5.56 Å². The topological polar surface area (TPSA) is 28.6 Å². The Hall–Kier alpha value is -1.05. The maximum Gasteiger partial charge on any atom is 0.417 e. The average Bonchev–Trinajstić information content (AvgIpc) is 2.37. The second-order valence-electron chi connectivity index (χ2n) is 5.23. The molecule has 118 valence electrons. The molecular weight excluding hydrogens is 307 g/mol. The van der Waals surface area contributed by atoms with E-state index in [0.717, 1.165) is 18.8 Å². The van der Waals surface area contributed by atoms with Gasteiger partial charge in [-0.3, -0.25) is 0 Å². The number of nitrogens with zero attached hydrogens (tertiary/aromatic N) is 3. The Morgan fingerprint density at radius 3 is 2.76 bits per heavy atom. The zero-order chi connectivity index (χ0) is 15.6. The van der Waals surface area contributed by atoms with Crippen molar-refractivity contribution in [2.24, 2.45) is 0 Å². The van der Waals surface area contributed by atoms with Crippen molar-refractivity contribution >= 4 is 17.4 Å². The van der Waals surface area contributed by atoms with E-state index in [2.05, 4.69) is 4.98 Å². The first-order chi connectivity index (χ1) is 9.77. The van der Waals surface area contributed by atoms with Crippen molar-refractivity contribution in [3.05, 3.63) is 22.8 Å². The number of halogens is 4. The first kappa shape index (κ1) is 16.3. The molecule has 0 aromatic carbocycles. The molecule has 1 aromatic rings. The van der Waals surface area contributed by atoms with Crippen LogP contribution in [0.5, 0.6) is 0 Å². The minimum absolute atomic E-state index is 0.00956. The first-order valence-electron chi connectivity index (χ1n) is 6.51. The minimum atomic E-state index is -4.44. The van der Waals surface area contributed by atoms with E-state index < -0.39 is 11.7 Å². The lowest BCUT2D eigenvalue weighted by Gasteiger charge is -2.35. The molecule has 1 aliphatic rings. The number of hydrogen-bond acceptors (Lipinski definition) is 4. The van der Waals surface area contributed by atoms with Gasteiger partial charge in [0.05, 0.1) is 23.3 Å². The molecule has 0 spiro atoms. The molecule has 0 amide bonds. The van der Waals surface area contributed by atoms with Gasteiger partial charge in [0, 0.05) is 25.8 Å². The van der Waals surface area contributed by atoms with Gasteiger partial charge in [0.15, 0.2) is 0 Å². The fourth-order valence-electron chi connectivity index (χ4n) is 2.25. The number of likely N-dealkylation sites (N-methyl/N-ethyl adjacent to an activating group) is 1. The molecule has 4 nitrogen and oxygen atoms in total. The largest absolute Gasteiger partial charge is 0.417 e. The smallest absolute Gasteiger partial charge is 0.373 e. The van der Waals surface area contributed by atoms with Crippen LogP contribution in [0.4, 0.5) is 19.0 Å². The number of morpholine rings is 1. The molecule has 1 fully saturated rings. The van der Waals surface area contributed by atoms with E-state index in [1.807, 2.05) is 23.9 Å². The van der Waals surface area contributed by atoms with Crippen LogP contribution in [0.2, 0.25) is 5.02 Å².